The van der Waals surface area contributed by atoms with Gasteiger partial charge in [-0.25, -0.2) is 9.97 Å². The lowest BCUT2D eigenvalue weighted by molar-refractivity contribution is 0.201. The zero-order valence-electron chi connectivity index (χ0n) is 13.6. The van der Waals surface area contributed by atoms with Crippen molar-refractivity contribution in [1.29, 1.82) is 0 Å². The van der Waals surface area contributed by atoms with Crippen LogP contribution < -0.4 is 0 Å². The smallest absolute Gasteiger partial charge is 0.157 e. The van der Waals surface area contributed by atoms with Crippen LogP contribution in [0.4, 0.5) is 0 Å². The number of likely N-dealkylation sites (tertiary alicyclic amines) is 1. The van der Waals surface area contributed by atoms with Crippen LogP contribution in [0.5, 0.6) is 0 Å². The van der Waals surface area contributed by atoms with E-state index in [1.54, 1.807) is 11.3 Å². The van der Waals surface area contributed by atoms with Crippen molar-refractivity contribution in [3.05, 3.63) is 40.1 Å². The van der Waals surface area contributed by atoms with Gasteiger partial charge in [0.05, 0.1) is 16.4 Å². The highest BCUT2D eigenvalue weighted by atomic mass is 32.1. The zero-order chi connectivity index (χ0) is 15.8. The molecule has 0 aliphatic carbocycles. The Kier molecular flexibility index (Phi) is 3.87. The van der Waals surface area contributed by atoms with Crippen molar-refractivity contribution in [3.63, 3.8) is 0 Å². The number of fused-ring (bicyclic) bond motifs is 1. The van der Waals surface area contributed by atoms with Crippen LogP contribution in [0.25, 0.3) is 11.0 Å². The molecule has 1 aliphatic heterocycles. The van der Waals surface area contributed by atoms with E-state index >= 15 is 0 Å². The number of aryl methyl sites for hydroxylation is 2. The van der Waals surface area contributed by atoms with E-state index in [0.29, 0.717) is 5.92 Å². The molecule has 0 amide bonds. The maximum absolute atomic E-state index is 4.75. The molecule has 0 radical (unpaired) electrons. The number of pyridine rings is 1. The molecule has 3 aromatic heterocycles. The number of rotatable bonds is 3. The van der Waals surface area contributed by atoms with Crippen LogP contribution in [0.15, 0.2) is 23.7 Å². The summed E-state index contributed by atoms with van der Waals surface area (Å²) in [6, 6.07) is 4.16. The second kappa shape index (κ2) is 6.02. The number of nitrogens with zero attached hydrogens (tertiary/aromatic N) is 5. The van der Waals surface area contributed by atoms with Gasteiger partial charge in [-0.15, -0.1) is 11.3 Å². The van der Waals surface area contributed by atoms with E-state index < -0.39 is 0 Å². The Labute approximate surface area is 140 Å². The zero-order valence-corrected chi connectivity index (χ0v) is 14.4. The van der Waals surface area contributed by atoms with Crippen molar-refractivity contribution >= 4 is 22.4 Å². The Morgan fingerprint density at radius 1 is 1.30 bits per heavy atom. The maximum Gasteiger partial charge on any atom is 0.157 e. The van der Waals surface area contributed by atoms with Gasteiger partial charge in [-0.2, -0.15) is 5.10 Å². The number of thiazole rings is 1. The molecule has 0 saturated carbocycles. The van der Waals surface area contributed by atoms with Crippen molar-refractivity contribution in [3.8, 4) is 0 Å². The summed E-state index contributed by atoms with van der Waals surface area (Å²) in [5.41, 5.74) is 3.42. The molecule has 0 unspecified atom stereocenters. The summed E-state index contributed by atoms with van der Waals surface area (Å²) < 4.78 is 1.91. The lowest BCUT2D eigenvalue weighted by Crippen LogP contribution is -2.32. The normalized spacial score (nSPS) is 17.1. The minimum atomic E-state index is 0.538. The number of aromatic nitrogens is 4. The second-order valence-corrected chi connectivity index (χ2v) is 7.35. The van der Waals surface area contributed by atoms with Crippen molar-refractivity contribution in [1.82, 2.24) is 24.6 Å². The van der Waals surface area contributed by atoms with Crippen LogP contribution in [0.3, 0.4) is 0 Å². The monoisotopic (exact) mass is 327 g/mol. The van der Waals surface area contributed by atoms with E-state index in [9.17, 15) is 0 Å². The minimum absolute atomic E-state index is 0.538. The van der Waals surface area contributed by atoms with E-state index in [4.69, 9.17) is 5.10 Å². The molecule has 5 nitrogen and oxygen atoms in total. The molecule has 3 aromatic rings. The summed E-state index contributed by atoms with van der Waals surface area (Å²) in [5, 5.41) is 9.30. The Bertz CT molecular complexity index is 813. The molecule has 0 aromatic carbocycles. The first kappa shape index (κ1) is 14.8. The summed E-state index contributed by atoms with van der Waals surface area (Å²) in [7, 11) is 1.98. The first-order chi connectivity index (χ1) is 11.2. The summed E-state index contributed by atoms with van der Waals surface area (Å²) in [5.74, 6) is 0.538. The highest BCUT2D eigenvalue weighted by Crippen LogP contribution is 2.32. The number of piperidine rings is 1. The standard InChI is InChI=1S/C17H21N5S/c1-12-19-14(11-23-12)10-22-8-5-13(6-9-22)16-15-4-3-7-18-17(15)21(2)20-16/h3-4,7,11,13H,5-6,8-10H2,1-2H3. The van der Waals surface area contributed by atoms with Crippen LogP contribution in [0.2, 0.25) is 0 Å². The van der Waals surface area contributed by atoms with Crippen molar-refractivity contribution in [2.75, 3.05) is 13.1 Å². The summed E-state index contributed by atoms with van der Waals surface area (Å²) >= 11 is 1.74. The lowest BCUT2D eigenvalue weighted by atomic mass is 9.92. The average molecular weight is 327 g/mol. The third-order valence-electron chi connectivity index (χ3n) is 4.65. The fourth-order valence-electron chi connectivity index (χ4n) is 3.49. The molecule has 0 spiro atoms. The van der Waals surface area contributed by atoms with Gasteiger partial charge in [0.2, 0.25) is 0 Å². The van der Waals surface area contributed by atoms with Crippen molar-refractivity contribution in [2.24, 2.45) is 7.05 Å². The predicted molar refractivity (Wildman–Crippen MR) is 92.6 cm³/mol. The van der Waals surface area contributed by atoms with Gasteiger partial charge in [-0.1, -0.05) is 0 Å². The highest BCUT2D eigenvalue weighted by molar-refractivity contribution is 7.09. The fraction of sp³-hybridized carbons (Fsp3) is 0.471. The second-order valence-electron chi connectivity index (χ2n) is 6.29. The quantitative estimate of drug-likeness (QED) is 0.741. The molecule has 0 bridgehead atoms. The van der Waals surface area contributed by atoms with Crippen LogP contribution in [-0.2, 0) is 13.6 Å². The third kappa shape index (κ3) is 2.88. The van der Waals surface area contributed by atoms with E-state index in [0.717, 1.165) is 43.1 Å². The molecule has 120 valence electrons. The first-order valence-electron chi connectivity index (χ1n) is 8.11. The molecule has 0 atom stereocenters. The predicted octanol–water partition coefficient (Wildman–Crippen LogP) is 3.11. The van der Waals surface area contributed by atoms with Gasteiger partial charge < -0.3 is 0 Å². The molecule has 1 saturated heterocycles. The van der Waals surface area contributed by atoms with Crippen LogP contribution in [0, 0.1) is 6.92 Å². The van der Waals surface area contributed by atoms with Crippen LogP contribution in [-0.4, -0.2) is 37.7 Å². The van der Waals surface area contributed by atoms with Gasteiger partial charge in [0.25, 0.3) is 0 Å². The third-order valence-corrected chi connectivity index (χ3v) is 5.48. The van der Waals surface area contributed by atoms with Crippen molar-refractivity contribution < 1.29 is 0 Å². The Hall–Kier alpha value is -1.79. The van der Waals surface area contributed by atoms with Gasteiger partial charge in [0.15, 0.2) is 5.65 Å². The van der Waals surface area contributed by atoms with Crippen molar-refractivity contribution in [2.45, 2.75) is 32.2 Å². The highest BCUT2D eigenvalue weighted by Gasteiger charge is 2.25. The summed E-state index contributed by atoms with van der Waals surface area (Å²) in [4.78, 5) is 11.5. The molecule has 4 heterocycles. The van der Waals surface area contributed by atoms with Crippen LogP contribution >= 0.6 is 11.3 Å². The average Bonchev–Trinajstić information content (AvgIpc) is 3.12. The molecular formula is C17H21N5S. The molecule has 6 heteroatoms. The minimum Gasteiger partial charge on any atom is -0.297 e. The summed E-state index contributed by atoms with van der Waals surface area (Å²) in [6.07, 6.45) is 4.15. The van der Waals surface area contributed by atoms with E-state index in [1.165, 1.54) is 16.8 Å². The van der Waals surface area contributed by atoms with E-state index in [1.807, 2.05) is 24.0 Å². The van der Waals surface area contributed by atoms with Crippen LogP contribution in [0.1, 0.15) is 35.2 Å². The Morgan fingerprint density at radius 2 is 2.13 bits per heavy atom. The van der Waals surface area contributed by atoms with Gasteiger partial charge >= 0.3 is 0 Å². The maximum atomic E-state index is 4.75. The molecule has 23 heavy (non-hydrogen) atoms. The summed E-state index contributed by atoms with van der Waals surface area (Å²) in [6.45, 7) is 5.27. The molecule has 1 fully saturated rings. The van der Waals surface area contributed by atoms with Gasteiger partial charge in [-0.3, -0.25) is 9.58 Å². The first-order valence-corrected chi connectivity index (χ1v) is 8.99. The Balaban J connectivity index is 1.46. The number of hydrogen-bond donors (Lipinski definition) is 0. The number of hydrogen-bond acceptors (Lipinski definition) is 5. The van der Waals surface area contributed by atoms with Gasteiger partial charge in [0, 0.05) is 36.5 Å². The van der Waals surface area contributed by atoms with E-state index in [2.05, 4.69) is 33.2 Å². The molecule has 0 N–H and O–H groups in total. The van der Waals surface area contributed by atoms with E-state index in [-0.39, 0.29) is 0 Å². The molecular weight excluding hydrogens is 306 g/mol. The SMILES string of the molecule is Cc1nc(CN2CCC(c3nn(C)c4ncccc34)CC2)cs1. The molecule has 4 rings (SSSR count). The topological polar surface area (TPSA) is 46.8 Å². The van der Waals surface area contributed by atoms with Gasteiger partial charge in [-0.05, 0) is 45.0 Å². The largest absolute Gasteiger partial charge is 0.297 e. The molecule has 1 aliphatic rings. The fourth-order valence-corrected chi connectivity index (χ4v) is 4.10. The lowest BCUT2D eigenvalue weighted by Gasteiger charge is -2.30. The van der Waals surface area contributed by atoms with Gasteiger partial charge in [0.1, 0.15) is 0 Å². The Morgan fingerprint density at radius 3 is 2.87 bits per heavy atom.